The Kier molecular flexibility index (Phi) is 5.76. The van der Waals surface area contributed by atoms with Crippen molar-refractivity contribution >= 4 is 29.1 Å². The van der Waals surface area contributed by atoms with Gasteiger partial charge in [-0.3, -0.25) is 9.59 Å². The van der Waals surface area contributed by atoms with Crippen LogP contribution >= 0.6 is 11.3 Å². The van der Waals surface area contributed by atoms with Gasteiger partial charge in [0.05, 0.1) is 12.5 Å². The summed E-state index contributed by atoms with van der Waals surface area (Å²) in [6.07, 6.45) is 3.54. The Hall–Kier alpha value is -1.89. The van der Waals surface area contributed by atoms with Gasteiger partial charge in [-0.15, -0.1) is 11.3 Å². The van der Waals surface area contributed by atoms with Crippen LogP contribution in [0.3, 0.4) is 0 Å². The summed E-state index contributed by atoms with van der Waals surface area (Å²) in [4.78, 5) is 36.2. The van der Waals surface area contributed by atoms with Crippen molar-refractivity contribution in [2.24, 2.45) is 0 Å². The predicted octanol–water partition coefficient (Wildman–Crippen LogP) is 2.22. The molecule has 0 radical (unpaired) electrons. The molecule has 1 unspecified atom stereocenters. The third-order valence-corrected chi connectivity index (χ3v) is 5.13. The third kappa shape index (κ3) is 4.54. The van der Waals surface area contributed by atoms with E-state index in [-0.39, 0.29) is 18.2 Å². The van der Waals surface area contributed by atoms with Crippen molar-refractivity contribution in [1.29, 1.82) is 0 Å². The van der Waals surface area contributed by atoms with E-state index in [2.05, 4.69) is 10.6 Å². The first-order valence-corrected chi connectivity index (χ1v) is 8.66. The van der Waals surface area contributed by atoms with Crippen LogP contribution in [-0.2, 0) is 14.4 Å². The quantitative estimate of drug-likeness (QED) is 0.741. The average molecular weight is 338 g/mol. The number of hydrogen-bond donors (Lipinski definition) is 3. The van der Waals surface area contributed by atoms with Gasteiger partial charge in [0.15, 0.2) is 0 Å². The number of carbonyl (C=O) groups excluding carboxylic acids is 2. The van der Waals surface area contributed by atoms with Gasteiger partial charge in [0.2, 0.25) is 11.8 Å². The second kappa shape index (κ2) is 7.59. The number of rotatable bonds is 6. The van der Waals surface area contributed by atoms with Gasteiger partial charge < -0.3 is 15.7 Å². The van der Waals surface area contributed by atoms with Crippen molar-refractivity contribution in [2.75, 3.05) is 0 Å². The monoisotopic (exact) mass is 338 g/mol. The van der Waals surface area contributed by atoms with Gasteiger partial charge in [-0.25, -0.2) is 4.79 Å². The number of carboxylic acids is 1. The molecule has 0 bridgehead atoms. The van der Waals surface area contributed by atoms with E-state index in [0.717, 1.165) is 24.1 Å². The number of amides is 2. The van der Waals surface area contributed by atoms with Crippen molar-refractivity contribution in [1.82, 2.24) is 10.6 Å². The van der Waals surface area contributed by atoms with Crippen LogP contribution in [0.5, 0.6) is 0 Å². The molecule has 1 fully saturated rings. The van der Waals surface area contributed by atoms with Crippen LogP contribution in [0.25, 0.3) is 0 Å². The molecule has 6 nitrogen and oxygen atoms in total. The van der Waals surface area contributed by atoms with Crippen LogP contribution in [0, 0.1) is 0 Å². The number of hydrogen-bond acceptors (Lipinski definition) is 4. The third-order valence-electron chi connectivity index (χ3n) is 4.15. The predicted molar refractivity (Wildman–Crippen MR) is 87.1 cm³/mol. The second-order valence-electron chi connectivity index (χ2n) is 5.97. The SMILES string of the molecule is CC(=O)NC(CC(=O)NC1(C(=O)O)CCCCC1)c1cccs1. The van der Waals surface area contributed by atoms with E-state index in [0.29, 0.717) is 12.8 Å². The standard InChI is InChI=1S/C16H22N2O4S/c1-11(19)17-12(13-6-5-9-23-13)10-14(20)18-16(15(21)22)7-3-2-4-8-16/h5-6,9,12H,2-4,7-8,10H2,1H3,(H,17,19)(H,18,20)(H,21,22). The fourth-order valence-electron chi connectivity index (χ4n) is 3.01. The second-order valence-corrected chi connectivity index (χ2v) is 6.95. The highest BCUT2D eigenvalue weighted by atomic mass is 32.1. The van der Waals surface area contributed by atoms with E-state index in [1.807, 2.05) is 17.5 Å². The number of thiophene rings is 1. The highest BCUT2D eigenvalue weighted by Crippen LogP contribution is 2.29. The highest BCUT2D eigenvalue weighted by molar-refractivity contribution is 7.10. The minimum Gasteiger partial charge on any atom is -0.480 e. The van der Waals surface area contributed by atoms with Crippen LogP contribution in [-0.4, -0.2) is 28.4 Å². The first-order valence-electron chi connectivity index (χ1n) is 7.78. The lowest BCUT2D eigenvalue weighted by Gasteiger charge is -2.34. The molecule has 2 rings (SSSR count). The topological polar surface area (TPSA) is 95.5 Å². The van der Waals surface area contributed by atoms with Crippen LogP contribution in [0.4, 0.5) is 0 Å². The molecule has 0 aliphatic heterocycles. The molecule has 2 amide bonds. The number of carbonyl (C=O) groups is 3. The lowest BCUT2D eigenvalue weighted by atomic mass is 9.81. The summed E-state index contributed by atoms with van der Waals surface area (Å²) in [5, 5.41) is 16.9. The number of nitrogens with one attached hydrogen (secondary N) is 2. The first-order chi connectivity index (χ1) is 10.9. The molecular formula is C16H22N2O4S. The number of carboxylic acid groups (broad SMARTS) is 1. The van der Waals surface area contributed by atoms with Gasteiger partial charge >= 0.3 is 5.97 Å². The van der Waals surface area contributed by atoms with Crippen LogP contribution < -0.4 is 10.6 Å². The van der Waals surface area contributed by atoms with Gasteiger partial charge in [0.1, 0.15) is 5.54 Å². The molecule has 0 aromatic carbocycles. The van der Waals surface area contributed by atoms with Crippen molar-refractivity contribution in [3.8, 4) is 0 Å². The average Bonchev–Trinajstić information content (AvgIpc) is 3.01. The largest absolute Gasteiger partial charge is 0.480 e. The Labute approximate surface area is 139 Å². The molecule has 23 heavy (non-hydrogen) atoms. The lowest BCUT2D eigenvalue weighted by molar-refractivity contribution is -0.149. The smallest absolute Gasteiger partial charge is 0.329 e. The summed E-state index contributed by atoms with van der Waals surface area (Å²) in [7, 11) is 0. The van der Waals surface area contributed by atoms with Gasteiger partial charge in [0.25, 0.3) is 0 Å². The van der Waals surface area contributed by atoms with Crippen molar-refractivity contribution in [2.45, 2.75) is 57.0 Å². The molecule has 0 saturated heterocycles. The zero-order chi connectivity index (χ0) is 16.9. The molecule has 1 aliphatic carbocycles. The lowest BCUT2D eigenvalue weighted by Crippen LogP contribution is -2.56. The Balaban J connectivity index is 2.06. The van der Waals surface area contributed by atoms with Crippen molar-refractivity contribution < 1.29 is 19.5 Å². The summed E-state index contributed by atoms with van der Waals surface area (Å²) in [5.41, 5.74) is -1.16. The summed E-state index contributed by atoms with van der Waals surface area (Å²) in [6.45, 7) is 1.40. The fourth-order valence-corrected chi connectivity index (χ4v) is 3.79. The Morgan fingerprint density at radius 3 is 2.52 bits per heavy atom. The van der Waals surface area contributed by atoms with Crippen LogP contribution in [0.2, 0.25) is 0 Å². The summed E-state index contributed by atoms with van der Waals surface area (Å²) in [6, 6.07) is 3.28. The van der Waals surface area contributed by atoms with Gasteiger partial charge in [-0.2, -0.15) is 0 Å². The summed E-state index contributed by atoms with van der Waals surface area (Å²) in [5.74, 6) is -1.54. The van der Waals surface area contributed by atoms with E-state index in [9.17, 15) is 19.5 Å². The maximum absolute atomic E-state index is 12.4. The van der Waals surface area contributed by atoms with E-state index >= 15 is 0 Å². The summed E-state index contributed by atoms with van der Waals surface area (Å²) >= 11 is 1.46. The zero-order valence-corrected chi connectivity index (χ0v) is 13.9. The van der Waals surface area contributed by atoms with E-state index in [1.54, 1.807) is 0 Å². The van der Waals surface area contributed by atoms with Crippen LogP contribution in [0.1, 0.15) is 56.4 Å². The van der Waals surface area contributed by atoms with E-state index in [4.69, 9.17) is 0 Å². The molecule has 0 spiro atoms. The molecule has 1 aromatic rings. The molecule has 1 aromatic heterocycles. The minimum absolute atomic E-state index is 0.0368. The molecular weight excluding hydrogens is 316 g/mol. The Morgan fingerprint density at radius 1 is 1.30 bits per heavy atom. The van der Waals surface area contributed by atoms with E-state index in [1.165, 1.54) is 18.3 Å². The summed E-state index contributed by atoms with van der Waals surface area (Å²) < 4.78 is 0. The Morgan fingerprint density at radius 2 is 2.00 bits per heavy atom. The van der Waals surface area contributed by atoms with Gasteiger partial charge in [-0.05, 0) is 24.3 Å². The molecule has 1 heterocycles. The molecule has 1 aliphatic rings. The molecule has 1 atom stereocenters. The van der Waals surface area contributed by atoms with E-state index < -0.39 is 17.6 Å². The molecule has 126 valence electrons. The maximum Gasteiger partial charge on any atom is 0.329 e. The molecule has 7 heteroatoms. The van der Waals surface area contributed by atoms with Gasteiger partial charge in [0, 0.05) is 11.8 Å². The molecule has 3 N–H and O–H groups in total. The van der Waals surface area contributed by atoms with Crippen LogP contribution in [0.15, 0.2) is 17.5 Å². The van der Waals surface area contributed by atoms with Gasteiger partial charge in [-0.1, -0.05) is 25.3 Å². The molecule has 1 saturated carbocycles. The fraction of sp³-hybridized carbons (Fsp3) is 0.562. The van der Waals surface area contributed by atoms with Crippen molar-refractivity contribution in [3.63, 3.8) is 0 Å². The first kappa shape index (κ1) is 17.5. The highest BCUT2D eigenvalue weighted by Gasteiger charge is 2.41. The Bertz CT molecular complexity index is 565. The minimum atomic E-state index is -1.16. The zero-order valence-electron chi connectivity index (χ0n) is 13.1. The maximum atomic E-state index is 12.4. The number of aliphatic carboxylic acids is 1. The van der Waals surface area contributed by atoms with Crippen molar-refractivity contribution in [3.05, 3.63) is 22.4 Å². The normalized spacial score (nSPS) is 18.0.